The molecule has 8 nitrogen and oxygen atoms in total. The van der Waals surface area contributed by atoms with Crippen molar-refractivity contribution in [1.82, 2.24) is 9.21 Å². The van der Waals surface area contributed by atoms with E-state index in [9.17, 15) is 18.0 Å². The number of esters is 1. The minimum absolute atomic E-state index is 0.00105. The normalized spacial score (nSPS) is 12.3. The molecule has 154 valence electrons. The Balaban J connectivity index is 3.06. The van der Waals surface area contributed by atoms with Crippen LogP contribution in [0.2, 0.25) is 0 Å². The van der Waals surface area contributed by atoms with Crippen molar-refractivity contribution in [3.05, 3.63) is 29.3 Å². The molecular weight excluding hydrogens is 382 g/mol. The Bertz CT molecular complexity index is 857. The molecular formula is C19H27N3O5S. The average Bonchev–Trinajstić information content (AvgIpc) is 2.66. The van der Waals surface area contributed by atoms with Crippen LogP contribution in [0.5, 0.6) is 0 Å². The number of carbonyl (C=O) groups is 2. The highest BCUT2D eigenvalue weighted by atomic mass is 32.2. The number of sulfonamides is 1. The summed E-state index contributed by atoms with van der Waals surface area (Å²) in [6, 6.07) is 6.21. The first-order valence-corrected chi connectivity index (χ1v) is 10.5. The molecule has 0 heterocycles. The number of amides is 1. The maximum atomic E-state index is 12.7. The van der Waals surface area contributed by atoms with E-state index in [4.69, 9.17) is 10.00 Å². The van der Waals surface area contributed by atoms with Crippen molar-refractivity contribution in [3.8, 4) is 6.07 Å². The van der Waals surface area contributed by atoms with Crippen LogP contribution in [-0.2, 0) is 19.6 Å². The van der Waals surface area contributed by atoms with Crippen molar-refractivity contribution in [2.45, 2.75) is 45.1 Å². The Hall–Kier alpha value is -2.44. The lowest BCUT2D eigenvalue weighted by molar-refractivity contribution is -0.138. The van der Waals surface area contributed by atoms with Crippen molar-refractivity contribution in [2.24, 2.45) is 0 Å². The maximum Gasteiger partial charge on any atom is 0.339 e. The zero-order valence-electron chi connectivity index (χ0n) is 16.9. The van der Waals surface area contributed by atoms with E-state index in [1.165, 1.54) is 35.3 Å². The minimum Gasteiger partial charge on any atom is -0.449 e. The van der Waals surface area contributed by atoms with Crippen LogP contribution in [0.15, 0.2) is 23.1 Å². The number of aryl methyl sites for hydroxylation is 1. The molecule has 1 aromatic rings. The fourth-order valence-corrected chi connectivity index (χ4v) is 4.09. The molecule has 0 spiro atoms. The third kappa shape index (κ3) is 5.53. The van der Waals surface area contributed by atoms with Gasteiger partial charge in [0.1, 0.15) is 0 Å². The average molecular weight is 410 g/mol. The van der Waals surface area contributed by atoms with Gasteiger partial charge in [0.2, 0.25) is 10.0 Å². The zero-order valence-corrected chi connectivity index (χ0v) is 17.7. The van der Waals surface area contributed by atoms with E-state index in [1.54, 1.807) is 26.8 Å². The molecule has 0 saturated heterocycles. The molecule has 0 saturated carbocycles. The van der Waals surface area contributed by atoms with E-state index in [0.29, 0.717) is 18.7 Å². The predicted octanol–water partition coefficient (Wildman–Crippen LogP) is 1.94. The first-order chi connectivity index (χ1) is 13.1. The van der Waals surface area contributed by atoms with Gasteiger partial charge in [0.15, 0.2) is 6.10 Å². The summed E-state index contributed by atoms with van der Waals surface area (Å²) in [5, 5.41) is 8.60. The number of likely N-dealkylation sites (N-methyl/N-ethyl adjacent to an activating group) is 1. The van der Waals surface area contributed by atoms with Crippen LogP contribution in [0.25, 0.3) is 0 Å². The fourth-order valence-electron chi connectivity index (χ4n) is 2.61. The number of nitriles is 1. The topological polar surface area (TPSA) is 108 Å². The van der Waals surface area contributed by atoms with E-state index >= 15 is 0 Å². The first-order valence-electron chi connectivity index (χ1n) is 9.03. The monoisotopic (exact) mass is 409 g/mol. The van der Waals surface area contributed by atoms with Crippen molar-refractivity contribution >= 4 is 21.9 Å². The second kappa shape index (κ2) is 10.2. The fraction of sp³-hybridized carbons (Fsp3) is 0.526. The van der Waals surface area contributed by atoms with E-state index in [2.05, 4.69) is 0 Å². The number of nitrogens with zero attached hydrogens (tertiary/aromatic N) is 3. The summed E-state index contributed by atoms with van der Waals surface area (Å²) in [6.07, 6.45) is -0.883. The Labute approximate surface area is 166 Å². The quantitative estimate of drug-likeness (QED) is 0.577. The van der Waals surface area contributed by atoms with Gasteiger partial charge in [-0.25, -0.2) is 13.2 Å². The number of carbonyl (C=O) groups excluding carboxylic acids is 2. The lowest BCUT2D eigenvalue weighted by Crippen LogP contribution is -2.38. The van der Waals surface area contributed by atoms with Crippen molar-refractivity contribution in [2.75, 3.05) is 26.7 Å². The summed E-state index contributed by atoms with van der Waals surface area (Å²) >= 11 is 0. The zero-order chi connectivity index (χ0) is 21.5. The van der Waals surface area contributed by atoms with Gasteiger partial charge in [-0.15, -0.1) is 0 Å². The molecule has 1 atom stereocenters. The smallest absolute Gasteiger partial charge is 0.339 e. The molecule has 0 radical (unpaired) electrons. The summed E-state index contributed by atoms with van der Waals surface area (Å²) in [5.74, 6) is -1.21. The number of rotatable bonds is 9. The van der Waals surface area contributed by atoms with Crippen LogP contribution in [-0.4, -0.2) is 62.3 Å². The van der Waals surface area contributed by atoms with Crippen LogP contribution in [0, 0.1) is 18.3 Å². The summed E-state index contributed by atoms with van der Waals surface area (Å²) in [4.78, 5) is 26.1. The van der Waals surface area contributed by atoms with E-state index in [-0.39, 0.29) is 23.4 Å². The van der Waals surface area contributed by atoms with Crippen molar-refractivity contribution in [3.63, 3.8) is 0 Å². The van der Waals surface area contributed by atoms with Crippen LogP contribution >= 0.6 is 0 Å². The first kappa shape index (κ1) is 23.6. The molecule has 1 aromatic carbocycles. The third-order valence-electron chi connectivity index (χ3n) is 4.34. The molecule has 0 aromatic heterocycles. The standard InChI is InChI=1S/C19H27N3O5S/c1-6-22(7-2)28(25,26)16-10-9-14(3)17(13-16)19(24)27-15(4)18(23)21(5)12-8-11-20/h9-10,13,15H,6-8,12H2,1-5H3/t15-/m0/s1. The summed E-state index contributed by atoms with van der Waals surface area (Å²) in [5.41, 5.74) is 0.633. The molecule has 0 aliphatic rings. The van der Waals surface area contributed by atoms with Crippen LogP contribution in [0.3, 0.4) is 0 Å². The van der Waals surface area contributed by atoms with Crippen LogP contribution in [0.4, 0.5) is 0 Å². The summed E-state index contributed by atoms with van der Waals surface area (Å²) in [6.45, 7) is 7.43. The van der Waals surface area contributed by atoms with Gasteiger partial charge in [-0.1, -0.05) is 19.9 Å². The van der Waals surface area contributed by atoms with Gasteiger partial charge in [-0.2, -0.15) is 9.57 Å². The Morgan fingerprint density at radius 3 is 2.39 bits per heavy atom. The Kier molecular flexibility index (Phi) is 8.60. The summed E-state index contributed by atoms with van der Waals surface area (Å²) < 4.78 is 31.9. The molecule has 0 unspecified atom stereocenters. The highest BCUT2D eigenvalue weighted by Gasteiger charge is 2.26. The van der Waals surface area contributed by atoms with Gasteiger partial charge < -0.3 is 9.64 Å². The molecule has 0 bridgehead atoms. The van der Waals surface area contributed by atoms with Gasteiger partial charge in [0, 0.05) is 26.7 Å². The van der Waals surface area contributed by atoms with E-state index in [1.807, 2.05) is 6.07 Å². The van der Waals surface area contributed by atoms with Gasteiger partial charge in [0.05, 0.1) is 22.9 Å². The van der Waals surface area contributed by atoms with Crippen molar-refractivity contribution in [1.29, 1.82) is 5.26 Å². The number of ether oxygens (including phenoxy) is 1. The highest BCUT2D eigenvalue weighted by Crippen LogP contribution is 2.20. The van der Waals surface area contributed by atoms with Gasteiger partial charge in [-0.05, 0) is 31.5 Å². The van der Waals surface area contributed by atoms with Crippen LogP contribution < -0.4 is 0 Å². The second-order valence-electron chi connectivity index (χ2n) is 6.28. The largest absolute Gasteiger partial charge is 0.449 e. The number of benzene rings is 1. The van der Waals surface area contributed by atoms with Gasteiger partial charge >= 0.3 is 5.97 Å². The molecule has 0 fully saturated rings. The summed E-state index contributed by atoms with van der Waals surface area (Å²) in [7, 11) is -2.20. The van der Waals surface area contributed by atoms with Crippen LogP contribution in [0.1, 0.15) is 43.1 Å². The highest BCUT2D eigenvalue weighted by molar-refractivity contribution is 7.89. The maximum absolute atomic E-state index is 12.7. The molecule has 0 N–H and O–H groups in total. The van der Waals surface area contributed by atoms with E-state index < -0.39 is 28.0 Å². The second-order valence-corrected chi connectivity index (χ2v) is 8.22. The predicted molar refractivity (Wildman–Crippen MR) is 104 cm³/mol. The molecule has 9 heteroatoms. The SMILES string of the molecule is CCN(CC)S(=O)(=O)c1ccc(C)c(C(=O)O[C@@H](C)C(=O)N(C)CCC#N)c1. The lowest BCUT2D eigenvalue weighted by Gasteiger charge is -2.21. The molecule has 28 heavy (non-hydrogen) atoms. The molecule has 1 rings (SSSR count). The number of hydrogen-bond acceptors (Lipinski definition) is 6. The molecule has 1 amide bonds. The van der Waals surface area contributed by atoms with Gasteiger partial charge in [0.25, 0.3) is 5.91 Å². The Morgan fingerprint density at radius 2 is 1.86 bits per heavy atom. The number of hydrogen-bond donors (Lipinski definition) is 0. The molecule has 0 aliphatic heterocycles. The third-order valence-corrected chi connectivity index (χ3v) is 6.38. The minimum atomic E-state index is -3.72. The van der Waals surface area contributed by atoms with E-state index in [0.717, 1.165) is 0 Å². The molecule has 0 aliphatic carbocycles. The van der Waals surface area contributed by atoms with Crippen molar-refractivity contribution < 1.29 is 22.7 Å². The Morgan fingerprint density at radius 1 is 1.25 bits per heavy atom. The lowest BCUT2D eigenvalue weighted by atomic mass is 10.1. The van der Waals surface area contributed by atoms with Gasteiger partial charge in [-0.3, -0.25) is 4.79 Å².